The summed E-state index contributed by atoms with van der Waals surface area (Å²) < 4.78 is 6.00. The Labute approximate surface area is 252 Å². The molecule has 234 valence electrons. The number of nitrogens with zero attached hydrogens (tertiary/aromatic N) is 1. The fourth-order valence-corrected chi connectivity index (χ4v) is 6.01. The van der Waals surface area contributed by atoms with Crippen molar-refractivity contribution >= 4 is 11.7 Å². The predicted octanol–water partition coefficient (Wildman–Crippen LogP) is 8.78. The van der Waals surface area contributed by atoms with E-state index in [2.05, 4.69) is 77.2 Å². The van der Waals surface area contributed by atoms with Gasteiger partial charge >= 0.3 is 0 Å². The van der Waals surface area contributed by atoms with Crippen LogP contribution in [0.4, 0.5) is 0 Å². The summed E-state index contributed by atoms with van der Waals surface area (Å²) in [6.45, 7) is 24.0. The molecule has 41 heavy (non-hydrogen) atoms. The molecule has 3 rings (SSSR count). The number of hydrogen-bond donors (Lipinski definition) is 1. The first-order valence-electron chi connectivity index (χ1n) is 16.1. The van der Waals surface area contributed by atoms with Crippen molar-refractivity contribution in [1.29, 1.82) is 0 Å². The SMILES string of the molecule is C=C.CC(=O)C(N(C)/C=C(\C)C1CC1)C(C)(C)C.CCCC[C@H](C)C(=O)NCC1=C(C)CCOC(C2CCCC2)=C1. The summed E-state index contributed by atoms with van der Waals surface area (Å²) >= 11 is 0. The molecule has 1 amide bonds. The van der Waals surface area contributed by atoms with E-state index in [1.807, 2.05) is 14.0 Å². The quantitative estimate of drug-likeness (QED) is 0.252. The Kier molecular flexibility index (Phi) is 16.4. The van der Waals surface area contributed by atoms with Gasteiger partial charge in [-0.2, -0.15) is 0 Å². The number of carbonyl (C=O) groups excluding carboxylic acids is 2. The Bertz CT molecular complexity index is 914. The molecular weight excluding hydrogens is 508 g/mol. The highest BCUT2D eigenvalue weighted by Gasteiger charge is 2.32. The van der Waals surface area contributed by atoms with Crippen LogP contribution in [0.5, 0.6) is 0 Å². The number of rotatable bonds is 11. The van der Waals surface area contributed by atoms with E-state index < -0.39 is 0 Å². The molecule has 0 bridgehead atoms. The lowest BCUT2D eigenvalue weighted by Gasteiger charge is -2.36. The van der Waals surface area contributed by atoms with Gasteiger partial charge in [0, 0.05) is 31.8 Å². The van der Waals surface area contributed by atoms with Gasteiger partial charge in [-0.1, -0.05) is 71.4 Å². The lowest BCUT2D eigenvalue weighted by atomic mass is 9.83. The van der Waals surface area contributed by atoms with Crippen molar-refractivity contribution < 1.29 is 14.3 Å². The third-order valence-corrected chi connectivity index (χ3v) is 8.50. The Morgan fingerprint density at radius 3 is 2.27 bits per heavy atom. The Hall–Kier alpha value is -2.30. The van der Waals surface area contributed by atoms with E-state index in [4.69, 9.17) is 4.74 Å². The van der Waals surface area contributed by atoms with E-state index in [0.717, 1.165) is 44.0 Å². The van der Waals surface area contributed by atoms with Gasteiger partial charge in [0.05, 0.1) is 18.4 Å². The molecule has 1 aliphatic heterocycles. The van der Waals surface area contributed by atoms with E-state index in [9.17, 15) is 9.59 Å². The van der Waals surface area contributed by atoms with E-state index in [0.29, 0.717) is 12.5 Å². The summed E-state index contributed by atoms with van der Waals surface area (Å²) in [7, 11) is 2.02. The molecule has 2 fully saturated rings. The van der Waals surface area contributed by atoms with Crippen LogP contribution < -0.4 is 5.32 Å². The van der Waals surface area contributed by atoms with Crippen molar-refractivity contribution in [3.63, 3.8) is 0 Å². The molecule has 5 nitrogen and oxygen atoms in total. The zero-order valence-electron chi connectivity index (χ0n) is 28.0. The van der Waals surface area contributed by atoms with Crippen molar-refractivity contribution in [2.24, 2.45) is 23.2 Å². The maximum absolute atomic E-state index is 12.2. The molecule has 5 heteroatoms. The van der Waals surface area contributed by atoms with Crippen LogP contribution in [0.2, 0.25) is 0 Å². The molecule has 1 heterocycles. The fourth-order valence-electron chi connectivity index (χ4n) is 6.01. The Balaban J connectivity index is 0.000000410. The van der Waals surface area contributed by atoms with Crippen LogP contribution in [-0.2, 0) is 14.3 Å². The number of amides is 1. The maximum Gasteiger partial charge on any atom is 0.223 e. The summed E-state index contributed by atoms with van der Waals surface area (Å²) in [5.41, 5.74) is 4.00. The lowest BCUT2D eigenvalue weighted by Crippen LogP contribution is -2.44. The highest BCUT2D eigenvalue weighted by Crippen LogP contribution is 2.37. The summed E-state index contributed by atoms with van der Waals surface area (Å²) in [6, 6.07) is -0.0267. The molecule has 1 unspecified atom stereocenters. The first kappa shape index (κ1) is 36.7. The van der Waals surface area contributed by atoms with Gasteiger partial charge in [0.1, 0.15) is 0 Å². The molecule has 2 aliphatic carbocycles. The molecule has 0 spiro atoms. The number of carbonyl (C=O) groups is 2. The van der Waals surface area contributed by atoms with Gasteiger partial charge in [0.2, 0.25) is 5.91 Å². The maximum atomic E-state index is 12.2. The highest BCUT2D eigenvalue weighted by atomic mass is 16.5. The first-order valence-corrected chi connectivity index (χ1v) is 16.1. The zero-order valence-corrected chi connectivity index (χ0v) is 28.0. The molecule has 0 saturated heterocycles. The molecule has 0 aromatic rings. The number of hydrogen-bond acceptors (Lipinski definition) is 4. The van der Waals surface area contributed by atoms with Gasteiger partial charge < -0.3 is 15.0 Å². The number of allylic oxidation sites excluding steroid dienone is 2. The number of nitrogens with one attached hydrogen (secondary N) is 1. The van der Waals surface area contributed by atoms with Crippen molar-refractivity contribution in [3.8, 4) is 0 Å². The van der Waals surface area contributed by atoms with Crippen LogP contribution in [0.1, 0.15) is 120 Å². The molecule has 2 saturated carbocycles. The number of unbranched alkanes of at least 4 members (excludes halogenated alkanes) is 1. The normalized spacial score (nSPS) is 19.3. The number of ether oxygens (including phenoxy) is 1. The molecular formula is C36H62N2O3. The number of ketones is 1. The minimum Gasteiger partial charge on any atom is -0.497 e. The van der Waals surface area contributed by atoms with Gasteiger partial charge in [-0.05, 0) is 82.1 Å². The molecule has 2 atom stereocenters. The molecule has 0 aromatic heterocycles. The van der Waals surface area contributed by atoms with E-state index in [1.54, 1.807) is 6.92 Å². The smallest absolute Gasteiger partial charge is 0.223 e. The summed E-state index contributed by atoms with van der Waals surface area (Å²) in [5.74, 6) is 3.05. The molecule has 0 aromatic carbocycles. The number of Topliss-reactive ketones (excluding diaryl/α,β-unsaturated/α-hetero) is 1. The van der Waals surface area contributed by atoms with Crippen LogP contribution in [0.15, 0.2) is 47.9 Å². The highest BCUT2D eigenvalue weighted by molar-refractivity contribution is 5.82. The minimum absolute atomic E-state index is 0.0130. The Morgan fingerprint density at radius 1 is 1.15 bits per heavy atom. The summed E-state index contributed by atoms with van der Waals surface area (Å²) in [6.07, 6.45) is 16.3. The minimum atomic E-state index is -0.0267. The van der Waals surface area contributed by atoms with Crippen LogP contribution in [-0.4, -0.2) is 42.8 Å². The van der Waals surface area contributed by atoms with E-state index >= 15 is 0 Å². The third kappa shape index (κ3) is 13.0. The van der Waals surface area contributed by atoms with Crippen molar-refractivity contribution in [2.75, 3.05) is 20.2 Å². The van der Waals surface area contributed by atoms with Gasteiger partial charge in [-0.15, -0.1) is 13.2 Å². The van der Waals surface area contributed by atoms with Gasteiger partial charge in [-0.3, -0.25) is 9.59 Å². The second-order valence-corrected chi connectivity index (χ2v) is 13.4. The van der Waals surface area contributed by atoms with Crippen molar-refractivity contribution in [3.05, 3.63) is 47.9 Å². The molecule has 1 N–H and O–H groups in total. The summed E-state index contributed by atoms with van der Waals surface area (Å²) in [5, 5.41) is 3.13. The monoisotopic (exact) mass is 570 g/mol. The third-order valence-electron chi connectivity index (χ3n) is 8.50. The van der Waals surface area contributed by atoms with Gasteiger partial charge in [0.25, 0.3) is 0 Å². The fraction of sp³-hybridized carbons (Fsp3) is 0.722. The molecule has 3 aliphatic rings. The van der Waals surface area contributed by atoms with Crippen LogP contribution >= 0.6 is 0 Å². The van der Waals surface area contributed by atoms with E-state index in [1.165, 1.54) is 55.2 Å². The predicted molar refractivity (Wildman–Crippen MR) is 174 cm³/mol. The van der Waals surface area contributed by atoms with Crippen LogP contribution in [0.25, 0.3) is 0 Å². The average molecular weight is 571 g/mol. The Morgan fingerprint density at radius 2 is 1.76 bits per heavy atom. The second kappa shape index (κ2) is 18.3. The second-order valence-electron chi connectivity index (χ2n) is 13.4. The lowest BCUT2D eigenvalue weighted by molar-refractivity contribution is -0.125. The summed E-state index contributed by atoms with van der Waals surface area (Å²) in [4.78, 5) is 26.1. The number of likely N-dealkylation sites (N-methyl/N-ethyl adjacent to an activating group) is 1. The van der Waals surface area contributed by atoms with Crippen molar-refractivity contribution in [2.45, 2.75) is 126 Å². The zero-order chi connectivity index (χ0) is 31.2. The standard InChI is InChI=1S/C20H33NO2.C14H25NO.C2H4/c1-4-5-8-16(3)20(22)21-14-18-13-19(17-9-6-7-10-17)23-12-11-15(18)2;1-10(12-7-8-12)9-15(6)13(11(2)16)14(3,4)5;1-2/h13,16-17H,4-12,14H2,1-3H3,(H,21,22);9,12-13H,7-8H2,1-6H3;1-2H2/b;10-9+;/t16-;;/m0../s1. The molecule has 0 radical (unpaired) electrons. The van der Waals surface area contributed by atoms with Crippen LogP contribution in [0.3, 0.4) is 0 Å². The first-order chi connectivity index (χ1) is 19.3. The topological polar surface area (TPSA) is 58.6 Å². The van der Waals surface area contributed by atoms with Crippen molar-refractivity contribution in [1.82, 2.24) is 10.2 Å². The van der Waals surface area contributed by atoms with Gasteiger partial charge in [0.15, 0.2) is 5.78 Å². The van der Waals surface area contributed by atoms with Crippen LogP contribution in [0, 0.1) is 23.2 Å². The largest absolute Gasteiger partial charge is 0.497 e. The van der Waals surface area contributed by atoms with Gasteiger partial charge in [-0.25, -0.2) is 0 Å². The average Bonchev–Trinajstić information content (AvgIpc) is 3.66. The van der Waals surface area contributed by atoms with E-state index in [-0.39, 0.29) is 29.1 Å².